The third kappa shape index (κ3) is 2.79. The predicted molar refractivity (Wildman–Crippen MR) is 92.7 cm³/mol. The monoisotopic (exact) mass is 325 g/mol. The quantitative estimate of drug-likeness (QED) is 0.786. The van der Waals surface area contributed by atoms with Crippen LogP contribution >= 0.6 is 11.3 Å². The molecule has 0 amide bonds. The van der Waals surface area contributed by atoms with E-state index in [2.05, 4.69) is 37.6 Å². The van der Waals surface area contributed by atoms with Gasteiger partial charge in [0.15, 0.2) is 5.82 Å². The van der Waals surface area contributed by atoms with Crippen molar-refractivity contribution >= 4 is 27.4 Å². The van der Waals surface area contributed by atoms with Crippen LogP contribution in [0.15, 0.2) is 17.6 Å². The molecule has 1 atom stereocenters. The van der Waals surface area contributed by atoms with Gasteiger partial charge in [-0.15, -0.1) is 11.3 Å². The molecule has 0 radical (unpaired) electrons. The van der Waals surface area contributed by atoms with Gasteiger partial charge in [0, 0.05) is 11.9 Å². The Bertz CT molecular complexity index is 869. The third-order valence-corrected chi connectivity index (χ3v) is 5.20. The molecule has 3 aromatic heterocycles. The highest BCUT2D eigenvalue weighted by Gasteiger charge is 2.35. The summed E-state index contributed by atoms with van der Waals surface area (Å²) in [5.74, 6) is 3.15. The Morgan fingerprint density at radius 2 is 2.00 bits per heavy atom. The van der Waals surface area contributed by atoms with Crippen molar-refractivity contribution in [2.24, 2.45) is 5.92 Å². The molecule has 23 heavy (non-hydrogen) atoms. The topological polar surface area (TPSA) is 63.6 Å². The minimum Gasteiger partial charge on any atom is -0.359 e. The number of anilines is 1. The number of hydrogen-bond donors (Lipinski definition) is 1. The summed E-state index contributed by atoms with van der Waals surface area (Å²) in [4.78, 5) is 19.4. The van der Waals surface area contributed by atoms with Crippen molar-refractivity contribution in [3.63, 3.8) is 0 Å². The lowest BCUT2D eigenvalue weighted by Crippen LogP contribution is -2.18. The first-order chi connectivity index (χ1) is 11.1. The fraction of sp³-hybridized carbons (Fsp3) is 0.412. The summed E-state index contributed by atoms with van der Waals surface area (Å²) in [7, 11) is 0. The number of rotatable bonds is 4. The van der Waals surface area contributed by atoms with E-state index in [1.54, 1.807) is 11.3 Å². The van der Waals surface area contributed by atoms with Gasteiger partial charge in [-0.1, -0.05) is 0 Å². The smallest absolute Gasteiger partial charge is 0.151 e. The van der Waals surface area contributed by atoms with E-state index in [4.69, 9.17) is 0 Å². The number of thiophene rings is 1. The highest BCUT2D eigenvalue weighted by atomic mass is 32.1. The minimum absolute atomic E-state index is 0.117. The van der Waals surface area contributed by atoms with Gasteiger partial charge in [0.05, 0.1) is 11.4 Å². The van der Waals surface area contributed by atoms with E-state index in [-0.39, 0.29) is 6.04 Å². The summed E-state index contributed by atoms with van der Waals surface area (Å²) in [6.07, 6.45) is 4.26. The molecule has 0 saturated heterocycles. The van der Waals surface area contributed by atoms with Gasteiger partial charge in [-0.05, 0) is 56.5 Å². The van der Waals surface area contributed by atoms with Crippen molar-refractivity contribution in [2.45, 2.75) is 39.7 Å². The van der Waals surface area contributed by atoms with Gasteiger partial charge >= 0.3 is 0 Å². The largest absolute Gasteiger partial charge is 0.359 e. The van der Waals surface area contributed by atoms with Crippen LogP contribution in [-0.4, -0.2) is 19.9 Å². The average molecular weight is 325 g/mol. The zero-order chi connectivity index (χ0) is 16.0. The zero-order valence-corrected chi connectivity index (χ0v) is 14.3. The predicted octanol–water partition coefficient (Wildman–Crippen LogP) is 3.97. The maximum absolute atomic E-state index is 4.66. The molecule has 3 aromatic rings. The van der Waals surface area contributed by atoms with Crippen molar-refractivity contribution < 1.29 is 0 Å². The van der Waals surface area contributed by atoms with E-state index in [9.17, 15) is 0 Å². The third-order valence-electron chi connectivity index (χ3n) is 4.21. The normalized spacial score (nSPS) is 15.8. The summed E-state index contributed by atoms with van der Waals surface area (Å²) >= 11 is 1.67. The van der Waals surface area contributed by atoms with Crippen LogP contribution in [0.4, 0.5) is 5.82 Å². The first kappa shape index (κ1) is 14.5. The van der Waals surface area contributed by atoms with Gasteiger partial charge in [-0.2, -0.15) is 0 Å². The molecule has 6 heteroatoms. The molecule has 1 saturated carbocycles. The molecule has 3 heterocycles. The number of nitrogens with one attached hydrogen (secondary N) is 1. The van der Waals surface area contributed by atoms with Crippen LogP contribution in [0.5, 0.6) is 0 Å². The van der Waals surface area contributed by atoms with Gasteiger partial charge in [-0.25, -0.2) is 19.9 Å². The molecule has 0 aliphatic heterocycles. The van der Waals surface area contributed by atoms with Crippen LogP contribution in [0.1, 0.15) is 41.8 Å². The van der Waals surface area contributed by atoms with Gasteiger partial charge in [0.25, 0.3) is 0 Å². The molecule has 0 aromatic carbocycles. The standard InChI is InChI=1S/C17H19N5S/c1-9-8-23-17-13(9)15(20-11(3)21-17)22-14(12-4-5-12)16-18-7-6-10(2)19-16/h6-8,12,14H,4-5H2,1-3H3,(H,20,21,22)/t14-/m0/s1. The fourth-order valence-corrected chi connectivity index (χ4v) is 3.85. The van der Waals surface area contributed by atoms with E-state index in [0.717, 1.165) is 33.4 Å². The number of aryl methyl sites for hydroxylation is 3. The maximum Gasteiger partial charge on any atom is 0.151 e. The molecule has 1 aliphatic carbocycles. The first-order valence-electron chi connectivity index (χ1n) is 7.90. The van der Waals surface area contributed by atoms with Crippen molar-refractivity contribution in [1.29, 1.82) is 0 Å². The second kappa shape index (κ2) is 5.53. The van der Waals surface area contributed by atoms with Crippen LogP contribution in [0.3, 0.4) is 0 Å². The van der Waals surface area contributed by atoms with E-state index >= 15 is 0 Å². The summed E-state index contributed by atoms with van der Waals surface area (Å²) < 4.78 is 0. The molecule has 1 aliphatic rings. The SMILES string of the molecule is Cc1ccnc([C@@H](Nc2nc(C)nc3scc(C)c23)C2CC2)n1. The average Bonchev–Trinajstić information content (AvgIpc) is 3.28. The first-order valence-corrected chi connectivity index (χ1v) is 8.78. The van der Waals surface area contributed by atoms with Crippen molar-refractivity contribution in [3.8, 4) is 0 Å². The van der Waals surface area contributed by atoms with Gasteiger partial charge in [0.1, 0.15) is 16.5 Å². The van der Waals surface area contributed by atoms with Crippen molar-refractivity contribution in [2.75, 3.05) is 5.32 Å². The number of hydrogen-bond acceptors (Lipinski definition) is 6. The van der Waals surface area contributed by atoms with Gasteiger partial charge in [0.2, 0.25) is 0 Å². The molecule has 4 rings (SSSR count). The van der Waals surface area contributed by atoms with E-state index in [0.29, 0.717) is 5.92 Å². The summed E-state index contributed by atoms with van der Waals surface area (Å²) in [6, 6.07) is 2.05. The number of fused-ring (bicyclic) bond motifs is 1. The van der Waals surface area contributed by atoms with Crippen LogP contribution in [-0.2, 0) is 0 Å². The Balaban J connectivity index is 1.77. The molecule has 118 valence electrons. The Morgan fingerprint density at radius 1 is 1.17 bits per heavy atom. The fourth-order valence-electron chi connectivity index (χ4n) is 2.88. The van der Waals surface area contributed by atoms with Crippen molar-refractivity contribution in [3.05, 3.63) is 40.5 Å². The van der Waals surface area contributed by atoms with E-state index in [1.807, 2.05) is 26.1 Å². The Morgan fingerprint density at radius 3 is 2.74 bits per heavy atom. The number of nitrogens with zero attached hydrogens (tertiary/aromatic N) is 4. The lowest BCUT2D eigenvalue weighted by atomic mass is 10.1. The highest BCUT2D eigenvalue weighted by molar-refractivity contribution is 7.17. The maximum atomic E-state index is 4.66. The van der Waals surface area contributed by atoms with Crippen LogP contribution in [0, 0.1) is 26.7 Å². The molecular formula is C17H19N5S. The molecule has 0 unspecified atom stereocenters. The minimum atomic E-state index is 0.117. The second-order valence-electron chi connectivity index (χ2n) is 6.23. The molecule has 5 nitrogen and oxygen atoms in total. The molecular weight excluding hydrogens is 306 g/mol. The lowest BCUT2D eigenvalue weighted by molar-refractivity contribution is 0.629. The van der Waals surface area contributed by atoms with Crippen LogP contribution < -0.4 is 5.32 Å². The highest BCUT2D eigenvalue weighted by Crippen LogP contribution is 2.42. The molecule has 0 spiro atoms. The van der Waals surface area contributed by atoms with Crippen molar-refractivity contribution in [1.82, 2.24) is 19.9 Å². The van der Waals surface area contributed by atoms with Gasteiger partial charge < -0.3 is 5.32 Å². The van der Waals surface area contributed by atoms with E-state index in [1.165, 1.54) is 18.4 Å². The lowest BCUT2D eigenvalue weighted by Gasteiger charge is -2.19. The Labute approximate surface area is 139 Å². The Hall–Kier alpha value is -2.08. The molecule has 1 fully saturated rings. The summed E-state index contributed by atoms with van der Waals surface area (Å²) in [5, 5.41) is 6.89. The number of aromatic nitrogens is 4. The van der Waals surface area contributed by atoms with Crippen LogP contribution in [0.25, 0.3) is 10.2 Å². The summed E-state index contributed by atoms with van der Waals surface area (Å²) in [6.45, 7) is 6.05. The second-order valence-corrected chi connectivity index (χ2v) is 7.09. The Kier molecular flexibility index (Phi) is 3.49. The molecule has 1 N–H and O–H groups in total. The zero-order valence-electron chi connectivity index (χ0n) is 13.5. The van der Waals surface area contributed by atoms with Gasteiger partial charge in [-0.3, -0.25) is 0 Å². The van der Waals surface area contributed by atoms with Crippen LogP contribution in [0.2, 0.25) is 0 Å². The van der Waals surface area contributed by atoms with E-state index < -0.39 is 0 Å². The summed E-state index contributed by atoms with van der Waals surface area (Å²) in [5.41, 5.74) is 2.21. The molecule has 0 bridgehead atoms.